The summed E-state index contributed by atoms with van der Waals surface area (Å²) < 4.78 is 2.90. The van der Waals surface area contributed by atoms with E-state index in [1.165, 1.54) is 14.1 Å². The van der Waals surface area contributed by atoms with Crippen LogP contribution < -0.4 is 16.7 Å². The van der Waals surface area contributed by atoms with Crippen molar-refractivity contribution in [3.05, 3.63) is 20.8 Å². The minimum absolute atomic E-state index is 0.00984. The van der Waals surface area contributed by atoms with Gasteiger partial charge >= 0.3 is 5.69 Å². The molecule has 2 aromatic heterocycles. The number of aliphatic hydroxyl groups excluding tert-OH is 5. The molecule has 4 atom stereocenters. The zero-order valence-electron chi connectivity index (χ0n) is 15.4. The molecule has 2 aromatic rings. The molecule has 0 saturated carbocycles. The van der Waals surface area contributed by atoms with Gasteiger partial charge in [-0.1, -0.05) is 5.21 Å². The first kappa shape index (κ1) is 22.3. The van der Waals surface area contributed by atoms with Crippen LogP contribution in [0, 0.1) is 0 Å². The van der Waals surface area contributed by atoms with Crippen molar-refractivity contribution in [2.75, 3.05) is 6.61 Å². The Bertz CT molecular complexity index is 1030. The van der Waals surface area contributed by atoms with Crippen LogP contribution in [0.5, 0.6) is 0 Å². The predicted molar refractivity (Wildman–Crippen MR) is 95.8 cm³/mol. The zero-order chi connectivity index (χ0) is 21.9. The van der Waals surface area contributed by atoms with Crippen LogP contribution in [-0.2, 0) is 25.4 Å². The highest BCUT2D eigenvalue weighted by Crippen LogP contribution is 2.04. The van der Waals surface area contributed by atoms with Crippen LogP contribution >= 0.6 is 0 Å². The van der Waals surface area contributed by atoms with Gasteiger partial charge in [-0.3, -0.25) is 18.7 Å². The van der Waals surface area contributed by atoms with Crippen LogP contribution in [0.1, 0.15) is 0 Å². The number of hydrazone groups is 1. The second-order valence-electron chi connectivity index (χ2n) is 6.16. The Morgan fingerprint density at radius 2 is 1.83 bits per heavy atom. The number of aromatic nitrogens is 5. The van der Waals surface area contributed by atoms with Crippen molar-refractivity contribution < 1.29 is 30.3 Å². The van der Waals surface area contributed by atoms with Crippen molar-refractivity contribution in [2.24, 2.45) is 19.2 Å². The average molecular weight is 415 g/mol. The third kappa shape index (κ3) is 4.54. The van der Waals surface area contributed by atoms with E-state index in [0.29, 0.717) is 6.21 Å². The van der Waals surface area contributed by atoms with Crippen molar-refractivity contribution in [1.82, 2.24) is 29.6 Å². The van der Waals surface area contributed by atoms with Crippen molar-refractivity contribution in [3.63, 3.8) is 0 Å². The Morgan fingerprint density at radius 3 is 2.45 bits per heavy atom. The molecule has 0 bridgehead atoms. The number of hydrogen-bond acceptors (Lipinski definition) is 11. The lowest BCUT2D eigenvalue weighted by molar-refractivity contribution is -0.121. The maximum absolute atomic E-state index is 12.3. The second kappa shape index (κ2) is 9.01. The van der Waals surface area contributed by atoms with Crippen molar-refractivity contribution >= 4 is 23.3 Å². The number of carbonyl (C=O) groups excluding carboxylic acids is 1. The van der Waals surface area contributed by atoms with E-state index in [-0.39, 0.29) is 11.2 Å². The number of carbonyl (C=O) groups is 1. The van der Waals surface area contributed by atoms with Gasteiger partial charge in [-0.2, -0.15) is 5.10 Å². The first-order valence-electron chi connectivity index (χ1n) is 8.24. The molecule has 0 aromatic carbocycles. The molecule has 0 fully saturated rings. The molecule has 0 spiro atoms. The van der Waals surface area contributed by atoms with Crippen LogP contribution in [-0.4, -0.2) is 92.8 Å². The summed E-state index contributed by atoms with van der Waals surface area (Å²) in [5.41, 5.74) is 0.623. The van der Waals surface area contributed by atoms with E-state index >= 15 is 0 Å². The SMILES string of the molecule is Cn1c(=O)c2c(nnn2CC(=O)N/N=C/[C@H](O)[C@@H](O)[C@@H](O)[C@H](O)CO)n(C)c1=O. The number of amides is 1. The van der Waals surface area contributed by atoms with E-state index in [1.54, 1.807) is 0 Å². The van der Waals surface area contributed by atoms with Gasteiger partial charge in [-0.25, -0.2) is 14.9 Å². The van der Waals surface area contributed by atoms with Gasteiger partial charge in [0.15, 0.2) is 11.2 Å². The van der Waals surface area contributed by atoms with Crippen LogP contribution in [0.2, 0.25) is 0 Å². The zero-order valence-corrected chi connectivity index (χ0v) is 15.4. The molecule has 2 rings (SSSR count). The molecule has 0 aliphatic rings. The highest BCUT2D eigenvalue weighted by molar-refractivity contribution is 5.79. The van der Waals surface area contributed by atoms with Crippen LogP contribution in [0.3, 0.4) is 0 Å². The Kier molecular flexibility index (Phi) is 6.93. The third-order valence-corrected chi connectivity index (χ3v) is 4.11. The van der Waals surface area contributed by atoms with Gasteiger partial charge in [0.05, 0.1) is 12.8 Å². The summed E-state index contributed by atoms with van der Waals surface area (Å²) in [5.74, 6) is -0.776. The molecule has 160 valence electrons. The summed E-state index contributed by atoms with van der Waals surface area (Å²) in [6.45, 7) is -1.33. The molecule has 15 nitrogen and oxygen atoms in total. The van der Waals surface area contributed by atoms with Gasteiger partial charge in [0.25, 0.3) is 11.5 Å². The third-order valence-electron chi connectivity index (χ3n) is 4.11. The monoisotopic (exact) mass is 415 g/mol. The van der Waals surface area contributed by atoms with Crippen molar-refractivity contribution in [2.45, 2.75) is 31.0 Å². The Balaban J connectivity index is 2.08. The molecule has 0 radical (unpaired) electrons. The maximum atomic E-state index is 12.3. The number of hydrogen-bond donors (Lipinski definition) is 6. The first-order chi connectivity index (χ1) is 13.6. The van der Waals surface area contributed by atoms with E-state index in [1.807, 2.05) is 5.43 Å². The van der Waals surface area contributed by atoms with E-state index in [2.05, 4.69) is 15.4 Å². The fourth-order valence-electron chi connectivity index (χ4n) is 2.39. The normalized spacial score (nSPS) is 16.1. The molecule has 0 saturated heterocycles. The first-order valence-corrected chi connectivity index (χ1v) is 8.24. The number of aliphatic hydroxyl groups is 5. The highest BCUT2D eigenvalue weighted by atomic mass is 16.4. The van der Waals surface area contributed by atoms with Gasteiger partial charge in [-0.15, -0.1) is 5.10 Å². The smallest absolute Gasteiger partial charge is 0.332 e. The van der Waals surface area contributed by atoms with E-state index in [0.717, 1.165) is 13.8 Å². The topological polar surface area (TPSA) is 217 Å². The minimum atomic E-state index is -1.87. The Hall–Kier alpha value is -2.98. The van der Waals surface area contributed by atoms with E-state index < -0.39 is 54.7 Å². The lowest BCUT2D eigenvalue weighted by Gasteiger charge is -2.23. The van der Waals surface area contributed by atoms with Gasteiger partial charge < -0.3 is 25.5 Å². The molecule has 0 aliphatic carbocycles. The van der Waals surface area contributed by atoms with E-state index in [4.69, 9.17) is 5.11 Å². The van der Waals surface area contributed by atoms with Gasteiger partial charge in [0.2, 0.25) is 0 Å². The number of fused-ring (bicyclic) bond motifs is 1. The van der Waals surface area contributed by atoms with Gasteiger partial charge in [0, 0.05) is 14.1 Å². The second-order valence-corrected chi connectivity index (χ2v) is 6.16. The standard InChI is InChI=1S/C14H21N7O8/c1-19-12-9(13(28)20(2)14(19)29)21(18-17-12)4-8(25)16-15-3-6(23)10(26)11(27)7(24)5-22/h3,6-7,10-11,22-24,26-27H,4-5H2,1-2H3,(H,16,25)/b15-3+/t6-,7+,10+,11-/m0/s1. The van der Waals surface area contributed by atoms with Crippen molar-refractivity contribution in [3.8, 4) is 0 Å². The molecule has 15 heteroatoms. The van der Waals surface area contributed by atoms with Gasteiger partial charge in [0.1, 0.15) is 31.0 Å². The number of rotatable bonds is 8. The van der Waals surface area contributed by atoms with Crippen molar-refractivity contribution in [1.29, 1.82) is 0 Å². The summed E-state index contributed by atoms with van der Waals surface area (Å²) >= 11 is 0. The minimum Gasteiger partial charge on any atom is -0.394 e. The molecular formula is C14H21N7O8. The van der Waals surface area contributed by atoms with Crippen LogP contribution in [0.15, 0.2) is 14.7 Å². The molecule has 1 amide bonds. The molecule has 0 aliphatic heterocycles. The molecule has 0 unspecified atom stereocenters. The van der Waals surface area contributed by atoms with Gasteiger partial charge in [-0.05, 0) is 0 Å². The predicted octanol–water partition coefficient (Wildman–Crippen LogP) is -5.63. The number of nitrogens with zero attached hydrogens (tertiary/aromatic N) is 6. The highest BCUT2D eigenvalue weighted by Gasteiger charge is 2.29. The molecular weight excluding hydrogens is 394 g/mol. The summed E-state index contributed by atoms with van der Waals surface area (Å²) in [6, 6.07) is 0. The van der Waals surface area contributed by atoms with Crippen LogP contribution in [0.25, 0.3) is 11.2 Å². The molecule has 6 N–H and O–H groups in total. The fourth-order valence-corrected chi connectivity index (χ4v) is 2.39. The van der Waals surface area contributed by atoms with E-state index in [9.17, 15) is 34.8 Å². The average Bonchev–Trinajstić information content (AvgIpc) is 3.12. The quantitative estimate of drug-likeness (QED) is 0.177. The van der Waals surface area contributed by atoms with Crippen LogP contribution in [0.4, 0.5) is 0 Å². The number of nitrogens with one attached hydrogen (secondary N) is 1. The summed E-state index contributed by atoms with van der Waals surface area (Å²) in [5, 5.41) is 57.5. The summed E-state index contributed by atoms with van der Waals surface area (Å²) in [6.07, 6.45) is -6.47. The summed E-state index contributed by atoms with van der Waals surface area (Å²) in [7, 11) is 2.66. The molecule has 29 heavy (non-hydrogen) atoms. The Morgan fingerprint density at radius 1 is 1.17 bits per heavy atom. The lowest BCUT2D eigenvalue weighted by atomic mass is 10.0. The largest absolute Gasteiger partial charge is 0.394 e. The number of aryl methyl sites for hydroxylation is 1. The maximum Gasteiger partial charge on any atom is 0.332 e. The fraction of sp³-hybridized carbons (Fsp3) is 0.571. The lowest BCUT2D eigenvalue weighted by Crippen LogP contribution is -2.46. The molecule has 2 heterocycles. The summed E-state index contributed by atoms with van der Waals surface area (Å²) in [4.78, 5) is 36.1. The Labute approximate surface area is 161 Å².